The Hall–Kier alpha value is -3.02. The van der Waals surface area contributed by atoms with Crippen LogP contribution in [0.4, 0.5) is 11.4 Å². The molecule has 0 spiro atoms. The second-order valence-corrected chi connectivity index (χ2v) is 4.55. The fourth-order valence-corrected chi connectivity index (χ4v) is 1.84. The van der Waals surface area contributed by atoms with Gasteiger partial charge in [-0.15, -0.1) is 0 Å². The lowest BCUT2D eigenvalue weighted by atomic mass is 10.2. The van der Waals surface area contributed by atoms with E-state index in [-0.39, 0.29) is 18.4 Å². The van der Waals surface area contributed by atoms with E-state index in [0.717, 1.165) is 0 Å². The molecule has 2 aromatic rings. The Kier molecular flexibility index (Phi) is 4.98. The molecule has 0 saturated carbocycles. The van der Waals surface area contributed by atoms with Crippen LogP contribution in [0.25, 0.3) is 0 Å². The van der Waals surface area contributed by atoms with Crippen LogP contribution in [-0.2, 0) is 4.79 Å². The van der Waals surface area contributed by atoms with Crippen LogP contribution in [0, 0.1) is 0 Å². The van der Waals surface area contributed by atoms with E-state index in [9.17, 15) is 9.59 Å². The van der Waals surface area contributed by atoms with Crippen LogP contribution in [0.3, 0.4) is 0 Å². The highest BCUT2D eigenvalue weighted by Crippen LogP contribution is 2.22. The molecule has 0 unspecified atom stereocenters. The van der Waals surface area contributed by atoms with Gasteiger partial charge in [0.1, 0.15) is 5.75 Å². The summed E-state index contributed by atoms with van der Waals surface area (Å²) in [6.45, 7) is -0.138. The van der Waals surface area contributed by atoms with Crippen molar-refractivity contribution in [3.05, 3.63) is 54.1 Å². The third-order valence-corrected chi connectivity index (χ3v) is 2.96. The molecule has 0 fully saturated rings. The van der Waals surface area contributed by atoms with Crippen LogP contribution >= 0.6 is 0 Å². The summed E-state index contributed by atoms with van der Waals surface area (Å²) in [7, 11) is 1.52. The summed E-state index contributed by atoms with van der Waals surface area (Å²) >= 11 is 0. The topological polar surface area (TPSA) is 93.5 Å². The van der Waals surface area contributed by atoms with Crippen LogP contribution in [0.5, 0.6) is 5.75 Å². The zero-order valence-electron chi connectivity index (χ0n) is 12.1. The minimum Gasteiger partial charge on any atom is -0.495 e. The fourth-order valence-electron chi connectivity index (χ4n) is 1.84. The Morgan fingerprint density at radius 2 is 1.77 bits per heavy atom. The van der Waals surface area contributed by atoms with Gasteiger partial charge in [-0.3, -0.25) is 9.59 Å². The van der Waals surface area contributed by atoms with Crippen LogP contribution in [0.1, 0.15) is 10.4 Å². The maximum absolute atomic E-state index is 11.9. The number of carbonyl (C=O) groups excluding carboxylic acids is 2. The number of methoxy groups -OCH3 is 1. The number of nitrogens with two attached hydrogens (primary N) is 1. The quantitative estimate of drug-likeness (QED) is 0.732. The lowest BCUT2D eigenvalue weighted by Crippen LogP contribution is -2.32. The molecule has 0 atom stereocenters. The predicted octanol–water partition coefficient (Wildman–Crippen LogP) is 1.65. The summed E-state index contributed by atoms with van der Waals surface area (Å²) in [6.07, 6.45) is 0. The van der Waals surface area contributed by atoms with Crippen molar-refractivity contribution < 1.29 is 14.3 Å². The molecule has 6 heteroatoms. The average Bonchev–Trinajstić information content (AvgIpc) is 2.54. The smallest absolute Gasteiger partial charge is 0.251 e. The van der Waals surface area contributed by atoms with E-state index in [1.807, 2.05) is 0 Å². The molecule has 2 aromatic carbocycles. The number of ether oxygens (including phenoxy) is 1. The van der Waals surface area contributed by atoms with Gasteiger partial charge in [0, 0.05) is 11.3 Å². The van der Waals surface area contributed by atoms with Gasteiger partial charge in [-0.1, -0.05) is 12.1 Å². The molecule has 6 nitrogen and oxygen atoms in total. The largest absolute Gasteiger partial charge is 0.495 e. The molecule has 0 aliphatic carbocycles. The van der Waals surface area contributed by atoms with Gasteiger partial charge >= 0.3 is 0 Å². The number of hydrogen-bond donors (Lipinski definition) is 3. The second kappa shape index (κ2) is 7.12. The van der Waals surface area contributed by atoms with Gasteiger partial charge in [0.2, 0.25) is 5.91 Å². The van der Waals surface area contributed by atoms with E-state index in [2.05, 4.69) is 10.6 Å². The number of anilines is 2. The summed E-state index contributed by atoms with van der Waals surface area (Å²) in [5.41, 5.74) is 7.13. The van der Waals surface area contributed by atoms with Crippen molar-refractivity contribution in [2.24, 2.45) is 0 Å². The molecule has 0 heterocycles. The number of hydrogen-bond acceptors (Lipinski definition) is 4. The number of nitrogen functional groups attached to an aromatic ring is 1. The van der Waals surface area contributed by atoms with Gasteiger partial charge in [-0.05, 0) is 36.4 Å². The van der Waals surface area contributed by atoms with Crippen molar-refractivity contribution in [2.75, 3.05) is 24.7 Å². The van der Waals surface area contributed by atoms with Gasteiger partial charge in [0.05, 0.1) is 19.3 Å². The van der Waals surface area contributed by atoms with Crippen molar-refractivity contribution in [3.8, 4) is 5.75 Å². The highest BCUT2D eigenvalue weighted by Gasteiger charge is 2.10. The summed E-state index contributed by atoms with van der Waals surface area (Å²) < 4.78 is 5.14. The lowest BCUT2D eigenvalue weighted by Gasteiger charge is -2.10. The first kappa shape index (κ1) is 15.4. The molecule has 0 aliphatic rings. The van der Waals surface area contributed by atoms with E-state index in [1.54, 1.807) is 48.5 Å². The Bertz CT molecular complexity index is 669. The first-order valence-corrected chi connectivity index (χ1v) is 6.67. The molecule has 2 rings (SSSR count). The molecule has 22 heavy (non-hydrogen) atoms. The van der Waals surface area contributed by atoms with Gasteiger partial charge in [-0.2, -0.15) is 0 Å². The first-order valence-electron chi connectivity index (χ1n) is 6.67. The molecule has 0 radical (unpaired) electrons. The predicted molar refractivity (Wildman–Crippen MR) is 84.8 cm³/mol. The molecule has 0 saturated heterocycles. The molecular formula is C16H17N3O3. The Morgan fingerprint density at radius 3 is 2.45 bits per heavy atom. The minimum atomic E-state index is -0.340. The minimum absolute atomic E-state index is 0.138. The molecule has 0 aliphatic heterocycles. The number of carbonyl (C=O) groups is 2. The van der Waals surface area contributed by atoms with Gasteiger partial charge in [0.15, 0.2) is 0 Å². The number of para-hydroxylation sites is 2. The SMILES string of the molecule is COc1ccccc1NC(=O)CNC(=O)c1ccc(N)cc1. The monoisotopic (exact) mass is 299 g/mol. The Morgan fingerprint density at radius 1 is 1.09 bits per heavy atom. The zero-order valence-corrected chi connectivity index (χ0v) is 12.1. The van der Waals surface area contributed by atoms with E-state index in [0.29, 0.717) is 22.7 Å². The van der Waals surface area contributed by atoms with E-state index >= 15 is 0 Å². The van der Waals surface area contributed by atoms with Gasteiger partial charge in [0.25, 0.3) is 5.91 Å². The average molecular weight is 299 g/mol. The normalized spacial score (nSPS) is 9.86. The van der Waals surface area contributed by atoms with Crippen molar-refractivity contribution in [3.63, 3.8) is 0 Å². The van der Waals surface area contributed by atoms with Crippen LogP contribution in [-0.4, -0.2) is 25.5 Å². The number of benzene rings is 2. The van der Waals surface area contributed by atoms with Crippen molar-refractivity contribution in [1.29, 1.82) is 0 Å². The lowest BCUT2D eigenvalue weighted by molar-refractivity contribution is -0.115. The van der Waals surface area contributed by atoms with Gasteiger partial charge < -0.3 is 21.1 Å². The highest BCUT2D eigenvalue weighted by molar-refractivity contribution is 5.99. The maximum atomic E-state index is 11.9. The Balaban J connectivity index is 1.90. The highest BCUT2D eigenvalue weighted by atomic mass is 16.5. The summed E-state index contributed by atoms with van der Waals surface area (Å²) in [6, 6.07) is 13.5. The van der Waals surface area contributed by atoms with Crippen LogP contribution < -0.4 is 21.1 Å². The van der Waals surface area contributed by atoms with E-state index in [4.69, 9.17) is 10.5 Å². The maximum Gasteiger partial charge on any atom is 0.251 e. The standard InChI is InChI=1S/C16H17N3O3/c1-22-14-5-3-2-4-13(14)19-15(20)10-18-16(21)11-6-8-12(17)9-7-11/h2-9H,10,17H2,1H3,(H,18,21)(H,19,20). The number of rotatable bonds is 5. The second-order valence-electron chi connectivity index (χ2n) is 4.55. The van der Waals surface area contributed by atoms with E-state index in [1.165, 1.54) is 7.11 Å². The van der Waals surface area contributed by atoms with E-state index < -0.39 is 0 Å². The van der Waals surface area contributed by atoms with Gasteiger partial charge in [-0.25, -0.2) is 0 Å². The van der Waals surface area contributed by atoms with Crippen LogP contribution in [0.2, 0.25) is 0 Å². The zero-order chi connectivity index (χ0) is 15.9. The van der Waals surface area contributed by atoms with Crippen molar-refractivity contribution >= 4 is 23.2 Å². The third kappa shape index (κ3) is 3.99. The molecule has 4 N–H and O–H groups in total. The summed E-state index contributed by atoms with van der Waals surface area (Å²) in [5, 5.41) is 5.22. The number of nitrogens with one attached hydrogen (secondary N) is 2. The summed E-state index contributed by atoms with van der Waals surface area (Å²) in [4.78, 5) is 23.7. The summed E-state index contributed by atoms with van der Waals surface area (Å²) in [5.74, 6) is -0.121. The van der Waals surface area contributed by atoms with Crippen molar-refractivity contribution in [1.82, 2.24) is 5.32 Å². The molecule has 0 bridgehead atoms. The number of amides is 2. The van der Waals surface area contributed by atoms with Crippen LogP contribution in [0.15, 0.2) is 48.5 Å². The molecule has 2 amide bonds. The Labute approximate surface area is 128 Å². The molecule has 0 aromatic heterocycles. The molecule has 114 valence electrons. The van der Waals surface area contributed by atoms with Crippen molar-refractivity contribution in [2.45, 2.75) is 0 Å². The molecular weight excluding hydrogens is 282 g/mol. The third-order valence-electron chi connectivity index (χ3n) is 2.96. The fraction of sp³-hybridized carbons (Fsp3) is 0.125. The first-order chi connectivity index (χ1) is 10.6.